The molecule has 1 N–H and O–H groups in total. The largest absolute Gasteiger partial charge is 0.493 e. The lowest BCUT2D eigenvalue weighted by atomic mass is 9.94. The number of sulfone groups is 1. The van der Waals surface area contributed by atoms with Crippen LogP contribution in [0, 0.1) is 5.92 Å². The van der Waals surface area contributed by atoms with Gasteiger partial charge in [0.1, 0.15) is 11.1 Å². The molecule has 8 heteroatoms. The van der Waals surface area contributed by atoms with Gasteiger partial charge in [-0.15, -0.1) is 0 Å². The lowest BCUT2D eigenvalue weighted by Gasteiger charge is -2.40. The molecule has 1 atom stereocenters. The second-order valence-corrected chi connectivity index (χ2v) is 11.1. The number of hydrogen-bond acceptors (Lipinski definition) is 7. The maximum Gasteiger partial charge on any atom is 0.194 e. The molecule has 0 radical (unpaired) electrons. The zero-order valence-corrected chi connectivity index (χ0v) is 20.1. The number of ether oxygens (including phenoxy) is 3. The second kappa shape index (κ2) is 9.16. The van der Waals surface area contributed by atoms with Gasteiger partial charge >= 0.3 is 0 Å². The fourth-order valence-corrected chi connectivity index (χ4v) is 7.67. The van der Waals surface area contributed by atoms with E-state index in [9.17, 15) is 8.42 Å². The van der Waals surface area contributed by atoms with Crippen LogP contribution in [0.1, 0.15) is 29.5 Å². The number of benzene rings is 2. The molecule has 0 amide bonds. The summed E-state index contributed by atoms with van der Waals surface area (Å²) < 4.78 is 44.8. The van der Waals surface area contributed by atoms with Gasteiger partial charge in [-0.05, 0) is 85.3 Å². The van der Waals surface area contributed by atoms with Crippen LogP contribution < -0.4 is 19.5 Å². The molecule has 7 nitrogen and oxygen atoms in total. The summed E-state index contributed by atoms with van der Waals surface area (Å²) in [4.78, 5) is 2.58. The van der Waals surface area contributed by atoms with E-state index >= 15 is 0 Å². The number of rotatable bonds is 6. The molecule has 0 saturated carbocycles. The topological polar surface area (TPSA) is 77.1 Å². The lowest BCUT2D eigenvalue weighted by molar-refractivity contribution is 0.159. The van der Waals surface area contributed by atoms with Crippen LogP contribution in [0.25, 0.3) is 0 Å². The van der Waals surface area contributed by atoms with Crippen molar-refractivity contribution in [2.75, 3.05) is 40.5 Å². The normalized spacial score (nSPS) is 19.9. The Labute approximate surface area is 195 Å². The molecule has 3 aliphatic rings. The first kappa shape index (κ1) is 22.5. The second-order valence-electron chi connectivity index (χ2n) is 9.09. The van der Waals surface area contributed by atoms with E-state index in [1.807, 2.05) is 24.3 Å². The molecule has 1 saturated heterocycles. The van der Waals surface area contributed by atoms with E-state index in [4.69, 9.17) is 14.2 Å². The van der Waals surface area contributed by atoms with E-state index in [1.54, 1.807) is 20.3 Å². The van der Waals surface area contributed by atoms with Gasteiger partial charge in [0.2, 0.25) is 0 Å². The van der Waals surface area contributed by atoms with E-state index in [0.29, 0.717) is 36.1 Å². The molecule has 0 bridgehead atoms. The highest BCUT2D eigenvalue weighted by molar-refractivity contribution is 7.92. The highest BCUT2D eigenvalue weighted by Crippen LogP contribution is 2.38. The first-order valence-electron chi connectivity index (χ1n) is 11.7. The van der Waals surface area contributed by atoms with Gasteiger partial charge in [-0.25, -0.2) is 8.42 Å². The van der Waals surface area contributed by atoms with Crippen molar-refractivity contribution in [3.05, 3.63) is 47.0 Å². The number of nitrogens with one attached hydrogen (secondary N) is 1. The Hall–Kier alpha value is -2.29. The van der Waals surface area contributed by atoms with Crippen molar-refractivity contribution in [1.82, 2.24) is 10.2 Å². The molecule has 3 aliphatic heterocycles. The van der Waals surface area contributed by atoms with Gasteiger partial charge in [-0.2, -0.15) is 0 Å². The zero-order valence-electron chi connectivity index (χ0n) is 19.3. The summed E-state index contributed by atoms with van der Waals surface area (Å²) in [6.07, 6.45) is 3.25. The Balaban J connectivity index is 1.51. The molecule has 0 aliphatic carbocycles. The molecule has 1 unspecified atom stereocenters. The van der Waals surface area contributed by atoms with Crippen LogP contribution >= 0.6 is 0 Å². The van der Waals surface area contributed by atoms with Crippen LogP contribution in [0.3, 0.4) is 0 Å². The number of hydrogen-bond donors (Lipinski definition) is 1. The quantitative estimate of drug-likeness (QED) is 0.693. The van der Waals surface area contributed by atoms with Crippen molar-refractivity contribution >= 4 is 9.84 Å². The number of nitrogens with zero attached hydrogens (tertiary/aromatic N) is 1. The first-order chi connectivity index (χ1) is 16.0. The standard InChI is InChI=1S/C25H32N2O5S/c1-30-23-14-18-7-11-27(16-20(18)15-24(23)31-2)25(17-5-9-26-10-6-17)33(28,29)21-3-4-22-19(13-21)8-12-32-22/h3-4,13-15,17,25-26H,5-12,16H2,1-2H3. The lowest BCUT2D eigenvalue weighted by Crippen LogP contribution is -2.50. The smallest absolute Gasteiger partial charge is 0.194 e. The molecule has 5 rings (SSSR count). The van der Waals surface area contributed by atoms with Gasteiger partial charge in [0, 0.05) is 19.5 Å². The van der Waals surface area contributed by atoms with E-state index in [1.165, 1.54) is 5.56 Å². The fourth-order valence-electron chi connectivity index (χ4n) is 5.48. The Morgan fingerprint density at radius 2 is 1.73 bits per heavy atom. The Morgan fingerprint density at radius 3 is 2.45 bits per heavy atom. The van der Waals surface area contributed by atoms with Gasteiger partial charge in [0.15, 0.2) is 21.3 Å². The molecular formula is C25H32N2O5S. The molecule has 2 aromatic carbocycles. The Bertz CT molecular complexity index is 1130. The minimum atomic E-state index is -3.57. The number of fused-ring (bicyclic) bond motifs is 2. The molecule has 1 fully saturated rings. The van der Waals surface area contributed by atoms with E-state index < -0.39 is 15.2 Å². The molecule has 0 spiro atoms. The summed E-state index contributed by atoms with van der Waals surface area (Å²) in [5.74, 6) is 2.29. The zero-order chi connectivity index (χ0) is 23.0. The summed E-state index contributed by atoms with van der Waals surface area (Å²) in [7, 11) is -0.297. The van der Waals surface area contributed by atoms with Gasteiger partial charge < -0.3 is 19.5 Å². The summed E-state index contributed by atoms with van der Waals surface area (Å²) in [6.45, 7) is 3.60. The van der Waals surface area contributed by atoms with Crippen molar-refractivity contribution in [2.45, 2.75) is 42.5 Å². The Kier molecular flexibility index (Phi) is 6.24. The van der Waals surface area contributed by atoms with Crippen molar-refractivity contribution in [3.63, 3.8) is 0 Å². The number of methoxy groups -OCH3 is 2. The van der Waals surface area contributed by atoms with Crippen LogP contribution in [0.2, 0.25) is 0 Å². The molecule has 178 valence electrons. The maximum atomic E-state index is 14.1. The molecule has 2 aromatic rings. The van der Waals surface area contributed by atoms with Crippen LogP contribution in [-0.4, -0.2) is 59.2 Å². The monoisotopic (exact) mass is 472 g/mol. The highest BCUT2D eigenvalue weighted by atomic mass is 32.2. The summed E-state index contributed by atoms with van der Waals surface area (Å²) in [6, 6.07) is 9.40. The third kappa shape index (κ3) is 4.20. The van der Waals surface area contributed by atoms with Crippen molar-refractivity contribution in [3.8, 4) is 17.2 Å². The van der Waals surface area contributed by atoms with Crippen molar-refractivity contribution in [1.29, 1.82) is 0 Å². The molecule has 33 heavy (non-hydrogen) atoms. The van der Waals surface area contributed by atoms with Crippen molar-refractivity contribution in [2.24, 2.45) is 5.92 Å². The average Bonchev–Trinajstić information content (AvgIpc) is 3.32. The van der Waals surface area contributed by atoms with Gasteiger partial charge in [0.05, 0.1) is 25.7 Å². The van der Waals surface area contributed by atoms with Gasteiger partial charge in [-0.1, -0.05) is 0 Å². The van der Waals surface area contributed by atoms with Crippen LogP contribution in [-0.2, 0) is 29.2 Å². The predicted molar refractivity (Wildman–Crippen MR) is 126 cm³/mol. The molecule has 3 heterocycles. The summed E-state index contributed by atoms with van der Waals surface area (Å²) in [5.41, 5.74) is 3.29. The van der Waals surface area contributed by atoms with E-state index in [0.717, 1.165) is 55.6 Å². The van der Waals surface area contributed by atoms with Crippen LogP contribution in [0.5, 0.6) is 17.2 Å². The van der Waals surface area contributed by atoms with E-state index in [-0.39, 0.29) is 5.92 Å². The van der Waals surface area contributed by atoms with Crippen molar-refractivity contribution < 1.29 is 22.6 Å². The minimum Gasteiger partial charge on any atom is -0.493 e. The Morgan fingerprint density at radius 1 is 1.00 bits per heavy atom. The SMILES string of the molecule is COc1cc2c(cc1OC)CN(C(C1CCNCC1)S(=O)(=O)c1ccc3c(c1)CCO3)CC2. The third-order valence-electron chi connectivity index (χ3n) is 7.20. The highest BCUT2D eigenvalue weighted by Gasteiger charge is 2.41. The number of piperidine rings is 1. The van der Waals surface area contributed by atoms with Gasteiger partial charge in [-0.3, -0.25) is 4.90 Å². The average molecular weight is 473 g/mol. The summed E-state index contributed by atoms with van der Waals surface area (Å²) >= 11 is 0. The third-order valence-corrected chi connectivity index (χ3v) is 9.43. The van der Waals surface area contributed by atoms with Crippen LogP contribution in [0.15, 0.2) is 35.2 Å². The molecular weight excluding hydrogens is 440 g/mol. The summed E-state index contributed by atoms with van der Waals surface area (Å²) in [5, 5.41) is 2.83. The molecule has 0 aromatic heterocycles. The predicted octanol–water partition coefficient (Wildman–Crippen LogP) is 2.80. The first-order valence-corrected chi connectivity index (χ1v) is 13.2. The maximum absolute atomic E-state index is 14.1. The fraction of sp³-hybridized carbons (Fsp3) is 0.520. The van der Waals surface area contributed by atoms with Gasteiger partial charge in [0.25, 0.3) is 0 Å². The van der Waals surface area contributed by atoms with Crippen LogP contribution in [0.4, 0.5) is 0 Å². The minimum absolute atomic E-state index is 0.0856. The van der Waals surface area contributed by atoms with E-state index in [2.05, 4.69) is 10.2 Å².